The Kier molecular flexibility index (Phi) is 6.71. The van der Waals surface area contributed by atoms with E-state index in [2.05, 4.69) is 4.98 Å². The largest absolute Gasteiger partial charge is 0.419 e. The van der Waals surface area contributed by atoms with E-state index in [0.29, 0.717) is 17.6 Å². The minimum Gasteiger partial charge on any atom is -0.408 e. The van der Waals surface area contributed by atoms with Crippen LogP contribution in [-0.2, 0) is 17.9 Å². The molecule has 10 heteroatoms. The normalized spacial score (nSPS) is 11.6. The molecule has 172 valence electrons. The Balaban J connectivity index is 1.97. The number of anilines is 2. The molecular formula is C22H29N5O5. The zero-order chi connectivity index (χ0) is 23.6. The number of aromatic amines is 1. The van der Waals surface area contributed by atoms with Gasteiger partial charge in [0.1, 0.15) is 5.82 Å². The number of benzene rings is 1. The number of amides is 1. The number of nitrogen functional groups attached to an aromatic ring is 1. The molecular weight excluding hydrogens is 414 g/mol. The predicted octanol–water partition coefficient (Wildman–Crippen LogP) is 1.76. The first kappa shape index (κ1) is 23.1. The van der Waals surface area contributed by atoms with Gasteiger partial charge in [0, 0.05) is 26.1 Å². The van der Waals surface area contributed by atoms with E-state index >= 15 is 0 Å². The van der Waals surface area contributed by atoms with Crippen LogP contribution in [0.5, 0.6) is 0 Å². The summed E-state index contributed by atoms with van der Waals surface area (Å²) in [5.74, 6) is -0.864. The quantitative estimate of drug-likeness (QED) is 0.544. The van der Waals surface area contributed by atoms with Gasteiger partial charge in [-0.2, -0.15) is 0 Å². The van der Waals surface area contributed by atoms with Crippen molar-refractivity contribution in [2.24, 2.45) is 11.8 Å². The van der Waals surface area contributed by atoms with Crippen molar-refractivity contribution >= 4 is 28.5 Å². The molecule has 32 heavy (non-hydrogen) atoms. The average Bonchev–Trinajstić information content (AvgIpc) is 3.03. The third-order valence-electron chi connectivity index (χ3n) is 5.00. The Labute approximate surface area is 184 Å². The van der Waals surface area contributed by atoms with Crippen molar-refractivity contribution in [1.82, 2.24) is 14.1 Å². The third kappa shape index (κ3) is 4.68. The van der Waals surface area contributed by atoms with Crippen molar-refractivity contribution in [3.8, 4) is 0 Å². The monoisotopic (exact) mass is 443 g/mol. The lowest BCUT2D eigenvalue weighted by molar-refractivity contribution is -0.119. The molecule has 0 radical (unpaired) electrons. The van der Waals surface area contributed by atoms with E-state index in [1.54, 1.807) is 24.3 Å². The van der Waals surface area contributed by atoms with Crippen molar-refractivity contribution in [3.05, 3.63) is 55.7 Å². The maximum atomic E-state index is 13.2. The minimum absolute atomic E-state index is 0.0284. The summed E-state index contributed by atoms with van der Waals surface area (Å²) in [6, 6.07) is 6.95. The van der Waals surface area contributed by atoms with Crippen molar-refractivity contribution < 1.29 is 9.21 Å². The van der Waals surface area contributed by atoms with E-state index in [4.69, 9.17) is 10.2 Å². The van der Waals surface area contributed by atoms with Gasteiger partial charge in [0.25, 0.3) is 5.56 Å². The number of aryl methyl sites for hydroxylation is 1. The first-order chi connectivity index (χ1) is 15.1. The highest BCUT2D eigenvalue weighted by molar-refractivity contribution is 5.95. The molecule has 0 saturated carbocycles. The lowest BCUT2D eigenvalue weighted by Gasteiger charge is -2.26. The van der Waals surface area contributed by atoms with E-state index in [1.807, 2.05) is 27.7 Å². The van der Waals surface area contributed by atoms with Crippen molar-refractivity contribution in [1.29, 1.82) is 0 Å². The number of oxazole rings is 1. The van der Waals surface area contributed by atoms with Crippen molar-refractivity contribution in [2.45, 2.75) is 47.2 Å². The van der Waals surface area contributed by atoms with Crippen LogP contribution in [0.3, 0.4) is 0 Å². The van der Waals surface area contributed by atoms with Crippen LogP contribution in [0.4, 0.5) is 11.5 Å². The summed E-state index contributed by atoms with van der Waals surface area (Å²) in [5, 5.41) is 0. The minimum atomic E-state index is -0.715. The molecule has 1 amide bonds. The molecule has 0 spiro atoms. The van der Waals surface area contributed by atoms with Crippen LogP contribution in [0.25, 0.3) is 11.1 Å². The molecule has 0 aliphatic rings. The number of aromatic nitrogens is 3. The second-order valence-corrected chi connectivity index (χ2v) is 8.63. The van der Waals surface area contributed by atoms with Gasteiger partial charge >= 0.3 is 11.4 Å². The van der Waals surface area contributed by atoms with Gasteiger partial charge in [0.2, 0.25) is 5.91 Å². The molecule has 0 unspecified atom stereocenters. The Bertz CT molecular complexity index is 1290. The van der Waals surface area contributed by atoms with Crippen LogP contribution in [0.1, 0.15) is 34.1 Å². The number of nitrogens with zero attached hydrogens (tertiary/aromatic N) is 3. The summed E-state index contributed by atoms with van der Waals surface area (Å²) in [6.45, 7) is 8.25. The average molecular weight is 444 g/mol. The second kappa shape index (κ2) is 9.29. The van der Waals surface area contributed by atoms with Crippen LogP contribution >= 0.6 is 0 Å². The molecule has 0 atom stereocenters. The molecule has 10 nitrogen and oxygen atoms in total. The molecule has 2 heterocycles. The standard InChI is InChI=1S/C22H29N5O5/c1-13(2)11-26(18-19(23)27(12-14(3)4)21(30)24-20(18)29)17(28)9-10-25-15-7-5-6-8-16(15)32-22(25)31/h5-8,13-14H,9-12,23H2,1-4H3,(H,24,29,30). The van der Waals surface area contributed by atoms with E-state index in [1.165, 1.54) is 14.0 Å². The lowest BCUT2D eigenvalue weighted by atomic mass is 10.1. The number of nitrogens with one attached hydrogen (secondary N) is 1. The molecule has 3 aromatic rings. The molecule has 0 aliphatic heterocycles. The highest BCUT2D eigenvalue weighted by atomic mass is 16.4. The maximum Gasteiger partial charge on any atom is 0.419 e. The van der Waals surface area contributed by atoms with Gasteiger partial charge in [-0.05, 0) is 24.0 Å². The summed E-state index contributed by atoms with van der Waals surface area (Å²) in [4.78, 5) is 54.0. The Morgan fingerprint density at radius 3 is 2.44 bits per heavy atom. The molecule has 0 aliphatic carbocycles. The molecule has 3 rings (SSSR count). The van der Waals surface area contributed by atoms with Crippen LogP contribution in [0.2, 0.25) is 0 Å². The fourth-order valence-corrected chi connectivity index (χ4v) is 3.64. The van der Waals surface area contributed by atoms with Gasteiger partial charge in [-0.25, -0.2) is 9.59 Å². The first-order valence-corrected chi connectivity index (χ1v) is 10.6. The fraction of sp³-hybridized carbons (Fsp3) is 0.455. The molecule has 0 saturated heterocycles. The summed E-state index contributed by atoms with van der Waals surface area (Å²) >= 11 is 0. The van der Waals surface area contributed by atoms with Gasteiger partial charge in [0.05, 0.1) is 5.52 Å². The number of hydrogen-bond acceptors (Lipinski definition) is 6. The van der Waals surface area contributed by atoms with Gasteiger partial charge < -0.3 is 15.1 Å². The van der Waals surface area contributed by atoms with Gasteiger partial charge in [-0.15, -0.1) is 0 Å². The smallest absolute Gasteiger partial charge is 0.408 e. The zero-order valence-corrected chi connectivity index (χ0v) is 18.8. The van der Waals surface area contributed by atoms with Crippen LogP contribution in [0.15, 0.2) is 43.1 Å². The lowest BCUT2D eigenvalue weighted by Crippen LogP contribution is -2.43. The van der Waals surface area contributed by atoms with Crippen molar-refractivity contribution in [2.75, 3.05) is 17.2 Å². The Hall–Kier alpha value is -3.56. The van der Waals surface area contributed by atoms with E-state index in [9.17, 15) is 19.2 Å². The molecule has 0 fully saturated rings. The first-order valence-electron chi connectivity index (χ1n) is 10.6. The van der Waals surface area contributed by atoms with Crippen molar-refractivity contribution in [3.63, 3.8) is 0 Å². The van der Waals surface area contributed by atoms with Gasteiger partial charge in [-0.3, -0.25) is 23.7 Å². The number of carbonyl (C=O) groups is 1. The number of carbonyl (C=O) groups excluding carboxylic acids is 1. The summed E-state index contributed by atoms with van der Waals surface area (Å²) in [5.41, 5.74) is 5.86. The molecule has 0 bridgehead atoms. The molecule has 3 N–H and O–H groups in total. The highest BCUT2D eigenvalue weighted by Gasteiger charge is 2.25. The summed E-state index contributed by atoms with van der Waals surface area (Å²) < 4.78 is 7.87. The SMILES string of the molecule is CC(C)CN(C(=O)CCn1c(=O)oc2ccccc21)c1c(N)n(CC(C)C)c(=O)[nH]c1=O. The molecule has 2 aromatic heterocycles. The van der Waals surface area contributed by atoms with Gasteiger partial charge in [0.15, 0.2) is 11.3 Å². The Morgan fingerprint density at radius 2 is 1.78 bits per heavy atom. The zero-order valence-electron chi connectivity index (χ0n) is 18.8. The fourth-order valence-electron chi connectivity index (χ4n) is 3.64. The number of rotatable bonds is 8. The maximum absolute atomic E-state index is 13.2. The molecule has 1 aromatic carbocycles. The third-order valence-corrected chi connectivity index (χ3v) is 5.00. The highest BCUT2D eigenvalue weighted by Crippen LogP contribution is 2.21. The number of nitrogens with two attached hydrogens (primary N) is 1. The number of hydrogen-bond donors (Lipinski definition) is 2. The van der Waals surface area contributed by atoms with Crippen LogP contribution in [0, 0.1) is 11.8 Å². The predicted molar refractivity (Wildman–Crippen MR) is 123 cm³/mol. The Morgan fingerprint density at radius 1 is 1.09 bits per heavy atom. The number of para-hydroxylation sites is 2. The van der Waals surface area contributed by atoms with E-state index < -0.39 is 17.0 Å². The topological polar surface area (TPSA) is 136 Å². The van der Waals surface area contributed by atoms with E-state index in [-0.39, 0.29) is 48.8 Å². The summed E-state index contributed by atoms with van der Waals surface area (Å²) in [6.07, 6.45) is -0.0572. The van der Waals surface area contributed by atoms with Crippen LogP contribution in [-0.4, -0.2) is 26.6 Å². The number of H-pyrrole nitrogens is 1. The van der Waals surface area contributed by atoms with Crippen LogP contribution < -0.4 is 27.6 Å². The number of fused-ring (bicyclic) bond motifs is 1. The summed E-state index contributed by atoms with van der Waals surface area (Å²) in [7, 11) is 0. The van der Waals surface area contributed by atoms with E-state index in [0.717, 1.165) is 0 Å². The second-order valence-electron chi connectivity index (χ2n) is 8.63. The van der Waals surface area contributed by atoms with Gasteiger partial charge in [-0.1, -0.05) is 39.8 Å².